The summed E-state index contributed by atoms with van der Waals surface area (Å²) in [6, 6.07) is 12.9. The predicted octanol–water partition coefficient (Wildman–Crippen LogP) is 5.55. The van der Waals surface area contributed by atoms with E-state index in [9.17, 15) is 22.4 Å². The highest BCUT2D eigenvalue weighted by Gasteiger charge is 2.34. The van der Waals surface area contributed by atoms with Crippen LogP contribution < -0.4 is 4.74 Å². The molecule has 43 heavy (non-hydrogen) atoms. The molecule has 1 amide bonds. The maximum atomic E-state index is 14.1. The summed E-state index contributed by atoms with van der Waals surface area (Å²) < 4.78 is 63.4. The highest BCUT2D eigenvalue weighted by Crippen LogP contribution is 2.34. The molecule has 2 aliphatic heterocycles. The fraction of sp³-hybridized carbons (Fsp3) is 0.375. The van der Waals surface area contributed by atoms with E-state index >= 15 is 0 Å². The van der Waals surface area contributed by atoms with Gasteiger partial charge >= 0.3 is 6.18 Å². The maximum absolute atomic E-state index is 14.1. The van der Waals surface area contributed by atoms with E-state index in [0.717, 1.165) is 49.9 Å². The Morgan fingerprint density at radius 1 is 0.953 bits per heavy atom. The zero-order valence-corrected chi connectivity index (χ0v) is 23.9. The Labute approximate surface area is 247 Å². The van der Waals surface area contributed by atoms with Crippen LogP contribution in [0.15, 0.2) is 60.9 Å². The minimum Gasteiger partial charge on any atom is -0.455 e. The van der Waals surface area contributed by atoms with Crippen molar-refractivity contribution < 1.29 is 27.1 Å². The predicted molar refractivity (Wildman–Crippen MR) is 153 cm³/mol. The summed E-state index contributed by atoms with van der Waals surface area (Å²) in [7, 11) is 0. The summed E-state index contributed by atoms with van der Waals surface area (Å²) in [5, 5.41) is 4.08. The van der Waals surface area contributed by atoms with Crippen LogP contribution in [0.3, 0.4) is 0 Å². The third kappa shape index (κ3) is 6.52. The van der Waals surface area contributed by atoms with E-state index in [1.54, 1.807) is 17.0 Å². The van der Waals surface area contributed by atoms with Gasteiger partial charge in [-0.1, -0.05) is 25.1 Å². The van der Waals surface area contributed by atoms with Crippen molar-refractivity contribution in [1.82, 2.24) is 24.3 Å². The second-order valence-corrected chi connectivity index (χ2v) is 11.2. The molecule has 6 rings (SSSR count). The molecular formula is C32H33F4N5O2. The molecule has 0 radical (unpaired) electrons. The maximum Gasteiger partial charge on any atom is 0.416 e. The molecule has 0 unspecified atom stereocenters. The lowest BCUT2D eigenvalue weighted by Gasteiger charge is -2.34. The van der Waals surface area contributed by atoms with Crippen molar-refractivity contribution in [3.63, 3.8) is 0 Å². The zero-order valence-electron chi connectivity index (χ0n) is 23.9. The lowest BCUT2D eigenvalue weighted by atomic mass is 9.97. The van der Waals surface area contributed by atoms with Gasteiger partial charge in [0.05, 0.1) is 24.4 Å². The molecule has 7 nitrogen and oxygen atoms in total. The molecule has 2 aromatic heterocycles. The Morgan fingerprint density at radius 2 is 1.74 bits per heavy atom. The van der Waals surface area contributed by atoms with Crippen molar-refractivity contribution in [2.45, 2.75) is 39.0 Å². The number of fused-ring (bicyclic) bond motifs is 2. The Morgan fingerprint density at radius 3 is 2.51 bits per heavy atom. The van der Waals surface area contributed by atoms with Gasteiger partial charge in [0.15, 0.2) is 5.75 Å². The topological polar surface area (TPSA) is 53.3 Å². The van der Waals surface area contributed by atoms with Crippen molar-refractivity contribution >= 4 is 11.4 Å². The van der Waals surface area contributed by atoms with Crippen LogP contribution in [0.2, 0.25) is 0 Å². The highest BCUT2D eigenvalue weighted by molar-refractivity contribution is 5.79. The molecule has 11 heteroatoms. The standard InChI is InChI=1S/C32H33F4N5O2/c1-2-38-11-13-39(14-12-38)19-24-4-3-22(15-28(24)32(34,35)36)16-31(42)40-10-8-23-5-6-27(17-25(23)20-40)43-30-7-9-37-41-21-26(33)18-29(30)41/h3-7,9,15,17-18,21H,2,8,10-14,16,19-20H2,1H3. The van der Waals surface area contributed by atoms with Gasteiger partial charge in [0.1, 0.15) is 17.1 Å². The SMILES string of the molecule is CCN1CCN(Cc2ccc(CC(=O)N3CCc4ccc(Oc5ccnn6cc(F)cc56)cc4C3)cc2C(F)(F)F)CC1. The molecule has 4 heterocycles. The minimum atomic E-state index is -4.51. The molecule has 0 aliphatic carbocycles. The molecule has 2 aromatic carbocycles. The average molecular weight is 596 g/mol. The van der Waals surface area contributed by atoms with Gasteiger partial charge in [-0.05, 0) is 53.4 Å². The van der Waals surface area contributed by atoms with E-state index in [2.05, 4.69) is 21.8 Å². The van der Waals surface area contributed by atoms with Gasteiger partial charge in [-0.15, -0.1) is 0 Å². The third-order valence-electron chi connectivity index (χ3n) is 8.35. The number of hydrogen-bond acceptors (Lipinski definition) is 5. The van der Waals surface area contributed by atoms with Gasteiger partial charge in [0.25, 0.3) is 0 Å². The molecule has 1 saturated heterocycles. The first-order valence-corrected chi connectivity index (χ1v) is 14.5. The Kier molecular flexibility index (Phi) is 8.11. The van der Waals surface area contributed by atoms with Gasteiger partial charge < -0.3 is 14.5 Å². The van der Waals surface area contributed by atoms with Crippen LogP contribution in [0.1, 0.15) is 34.7 Å². The smallest absolute Gasteiger partial charge is 0.416 e. The summed E-state index contributed by atoms with van der Waals surface area (Å²) in [5.74, 6) is 0.317. The summed E-state index contributed by atoms with van der Waals surface area (Å²) in [5.41, 5.74) is 2.38. The van der Waals surface area contributed by atoms with E-state index in [1.807, 2.05) is 18.2 Å². The van der Waals surface area contributed by atoms with Gasteiger partial charge in [-0.25, -0.2) is 8.91 Å². The van der Waals surface area contributed by atoms with Gasteiger partial charge in [-0.2, -0.15) is 18.3 Å². The average Bonchev–Trinajstić information content (AvgIpc) is 3.38. The van der Waals surface area contributed by atoms with Crippen LogP contribution in [-0.2, 0) is 36.9 Å². The number of amides is 1. The number of hydrogen-bond donors (Lipinski definition) is 0. The van der Waals surface area contributed by atoms with E-state index in [4.69, 9.17) is 4.74 Å². The Bertz CT molecular complexity index is 1630. The van der Waals surface area contributed by atoms with Crippen molar-refractivity contribution in [3.05, 3.63) is 94.6 Å². The first-order valence-electron chi connectivity index (χ1n) is 14.5. The Balaban J connectivity index is 1.14. The number of alkyl halides is 3. The van der Waals surface area contributed by atoms with Crippen LogP contribution in [-0.4, -0.2) is 69.5 Å². The second kappa shape index (κ2) is 12.0. The van der Waals surface area contributed by atoms with E-state index in [0.29, 0.717) is 42.1 Å². The highest BCUT2D eigenvalue weighted by atomic mass is 19.4. The minimum absolute atomic E-state index is 0.112. The van der Waals surface area contributed by atoms with Crippen LogP contribution >= 0.6 is 0 Å². The molecular weight excluding hydrogens is 562 g/mol. The van der Waals surface area contributed by atoms with Crippen LogP contribution in [0.25, 0.3) is 5.52 Å². The molecule has 0 spiro atoms. The molecule has 4 aromatic rings. The number of carbonyl (C=O) groups is 1. The van der Waals surface area contributed by atoms with E-state index in [1.165, 1.54) is 29.0 Å². The summed E-state index contributed by atoms with van der Waals surface area (Å²) in [6.07, 6.45) is -1.21. The quantitative estimate of drug-likeness (QED) is 0.263. The molecule has 2 aliphatic rings. The fourth-order valence-electron chi connectivity index (χ4n) is 5.91. The number of aromatic nitrogens is 2. The molecule has 0 bridgehead atoms. The number of benzene rings is 2. The number of nitrogens with zero attached hydrogens (tertiary/aromatic N) is 5. The number of ether oxygens (including phenoxy) is 1. The van der Waals surface area contributed by atoms with E-state index < -0.39 is 17.6 Å². The number of likely N-dealkylation sites (N-methyl/N-ethyl adjacent to an activating group) is 1. The number of carbonyl (C=O) groups excluding carboxylic acids is 1. The summed E-state index contributed by atoms with van der Waals surface area (Å²) >= 11 is 0. The van der Waals surface area contributed by atoms with Crippen LogP contribution in [0.5, 0.6) is 11.5 Å². The van der Waals surface area contributed by atoms with Crippen molar-refractivity contribution in [2.75, 3.05) is 39.3 Å². The van der Waals surface area contributed by atoms with Gasteiger partial charge in [-0.3, -0.25) is 9.69 Å². The molecule has 226 valence electrons. The normalized spacial score (nSPS) is 16.4. The summed E-state index contributed by atoms with van der Waals surface area (Å²) in [6.45, 7) is 7.21. The number of piperazine rings is 1. The van der Waals surface area contributed by atoms with Crippen molar-refractivity contribution in [3.8, 4) is 11.5 Å². The first-order chi connectivity index (χ1) is 20.7. The first kappa shape index (κ1) is 29.1. The van der Waals surface area contributed by atoms with E-state index in [-0.39, 0.29) is 24.4 Å². The van der Waals surface area contributed by atoms with Gasteiger partial charge in [0.2, 0.25) is 5.91 Å². The number of halogens is 4. The fourth-order valence-corrected chi connectivity index (χ4v) is 5.91. The molecule has 0 N–H and O–H groups in total. The largest absolute Gasteiger partial charge is 0.455 e. The Hall–Kier alpha value is -3.96. The zero-order chi connectivity index (χ0) is 30.1. The van der Waals surface area contributed by atoms with Crippen molar-refractivity contribution in [1.29, 1.82) is 0 Å². The van der Waals surface area contributed by atoms with Crippen LogP contribution in [0, 0.1) is 5.82 Å². The molecule has 0 saturated carbocycles. The monoisotopic (exact) mass is 595 g/mol. The lowest BCUT2D eigenvalue weighted by molar-refractivity contribution is -0.138. The van der Waals surface area contributed by atoms with Gasteiger partial charge in [0, 0.05) is 57.9 Å². The third-order valence-corrected chi connectivity index (χ3v) is 8.35. The second-order valence-electron chi connectivity index (χ2n) is 11.2. The van der Waals surface area contributed by atoms with Crippen molar-refractivity contribution in [2.24, 2.45) is 0 Å². The summed E-state index contributed by atoms with van der Waals surface area (Å²) in [4.78, 5) is 19.3. The molecule has 0 atom stereocenters. The molecule has 1 fully saturated rings. The number of rotatable bonds is 7. The lowest BCUT2D eigenvalue weighted by Crippen LogP contribution is -2.45. The van der Waals surface area contributed by atoms with Crippen LogP contribution in [0.4, 0.5) is 17.6 Å².